The number of cyclic esters (lactones) is 1. The Balaban J connectivity index is 1.25. The number of hydrogen-bond acceptors (Lipinski definition) is 6. The lowest BCUT2D eigenvalue weighted by Crippen LogP contribution is -2.76. The smallest absolute Gasteiger partial charge is 0.411 e. The number of likely N-dealkylation sites (tertiary alicyclic amines) is 3. The van der Waals surface area contributed by atoms with E-state index in [2.05, 4.69) is 4.90 Å². The molecular weight excluding hydrogens is 604 g/mol. The van der Waals surface area contributed by atoms with Crippen LogP contribution in [0.5, 0.6) is 0 Å². The summed E-state index contributed by atoms with van der Waals surface area (Å²) in [5, 5.41) is 0. The van der Waals surface area contributed by atoms with Crippen molar-refractivity contribution in [3.63, 3.8) is 0 Å². The molecule has 4 aliphatic heterocycles. The van der Waals surface area contributed by atoms with Crippen LogP contribution in [0.25, 0.3) is 6.08 Å². The molecule has 0 aliphatic carbocycles. The third-order valence-electron chi connectivity index (χ3n) is 10.6. The van der Waals surface area contributed by atoms with Crippen LogP contribution >= 0.6 is 0 Å². The van der Waals surface area contributed by atoms with Crippen LogP contribution < -0.4 is 0 Å². The quantitative estimate of drug-likeness (QED) is 0.246. The topological polar surface area (TPSA) is 90.5 Å². The van der Waals surface area contributed by atoms with Crippen LogP contribution in [0.2, 0.25) is 0 Å². The lowest BCUT2D eigenvalue weighted by atomic mass is 9.80. The van der Waals surface area contributed by atoms with Crippen molar-refractivity contribution < 1.29 is 23.9 Å². The number of piperidine rings is 2. The Morgan fingerprint density at radius 1 is 0.896 bits per heavy atom. The maximum atomic E-state index is 14.4. The van der Waals surface area contributed by atoms with Gasteiger partial charge in [0.1, 0.15) is 12.6 Å². The second-order valence-corrected chi connectivity index (χ2v) is 14.8. The minimum Gasteiger partial charge on any atom is -0.447 e. The Morgan fingerprint density at radius 2 is 1.54 bits per heavy atom. The number of hydrogen-bond donors (Lipinski definition) is 0. The van der Waals surface area contributed by atoms with Gasteiger partial charge in [-0.1, -0.05) is 100 Å². The van der Waals surface area contributed by atoms with Crippen LogP contribution in [0.1, 0.15) is 76.5 Å². The first-order chi connectivity index (χ1) is 23.1. The molecule has 6 rings (SSSR count). The largest absolute Gasteiger partial charge is 0.447 e. The average molecular weight is 655 g/mol. The van der Waals surface area contributed by atoms with Gasteiger partial charge in [0.25, 0.3) is 5.91 Å². The molecule has 9 heteroatoms. The Hall–Kier alpha value is -3.98. The van der Waals surface area contributed by atoms with Gasteiger partial charge in [-0.3, -0.25) is 19.3 Å². The predicted octanol–water partition coefficient (Wildman–Crippen LogP) is 5.57. The number of carbonyl (C=O) groups is 4. The van der Waals surface area contributed by atoms with Crippen molar-refractivity contribution >= 4 is 29.8 Å². The Labute approximate surface area is 284 Å². The standard InChI is InChI=1S/C39H50N4O5/c1-39(2,3)35(44)34(36(45)41-25-20-29(21-26-41)19-24-40-22-11-6-12-23-40)42-31(18-17-28-13-7-4-8-14-28)33(37(42)46)43-32(27-48-38(43)47)30-15-9-5-10-16-30/h4-5,7-10,13-18,29,31-34H,6,11-12,19-27H2,1-3H3/b18-17+/t31?,32-,33-,34-/m0/s1. The van der Waals surface area contributed by atoms with Gasteiger partial charge >= 0.3 is 6.09 Å². The summed E-state index contributed by atoms with van der Waals surface area (Å²) in [6.07, 6.45) is 9.97. The first-order valence-corrected chi connectivity index (χ1v) is 17.7. The van der Waals surface area contributed by atoms with Crippen molar-refractivity contribution in [3.8, 4) is 0 Å². The maximum absolute atomic E-state index is 14.4. The minimum absolute atomic E-state index is 0.123. The van der Waals surface area contributed by atoms with Crippen LogP contribution in [-0.4, -0.2) is 101 Å². The zero-order chi connectivity index (χ0) is 33.8. The number of ketones is 1. The van der Waals surface area contributed by atoms with Gasteiger partial charge in [-0.2, -0.15) is 0 Å². The highest BCUT2D eigenvalue weighted by molar-refractivity contribution is 6.12. The molecule has 0 saturated carbocycles. The van der Waals surface area contributed by atoms with E-state index in [0.717, 1.165) is 36.9 Å². The third-order valence-corrected chi connectivity index (χ3v) is 10.6. The monoisotopic (exact) mass is 654 g/mol. The van der Waals surface area contributed by atoms with Crippen LogP contribution in [0.15, 0.2) is 66.7 Å². The highest BCUT2D eigenvalue weighted by atomic mass is 16.6. The van der Waals surface area contributed by atoms with Gasteiger partial charge in [-0.05, 0) is 68.8 Å². The second-order valence-electron chi connectivity index (χ2n) is 14.8. The molecule has 0 aromatic heterocycles. The molecule has 48 heavy (non-hydrogen) atoms. The zero-order valence-corrected chi connectivity index (χ0v) is 28.6. The fourth-order valence-electron chi connectivity index (χ4n) is 7.67. The van der Waals surface area contributed by atoms with Crippen LogP contribution in [0, 0.1) is 11.3 Å². The fourth-order valence-corrected chi connectivity index (χ4v) is 7.67. The van der Waals surface area contributed by atoms with Crippen LogP contribution in [-0.2, 0) is 19.1 Å². The van der Waals surface area contributed by atoms with Gasteiger partial charge < -0.3 is 19.4 Å². The van der Waals surface area contributed by atoms with Crippen molar-refractivity contribution in [2.24, 2.45) is 11.3 Å². The average Bonchev–Trinajstić information content (AvgIpc) is 3.48. The van der Waals surface area contributed by atoms with Crippen molar-refractivity contribution in [1.29, 1.82) is 0 Å². The van der Waals surface area contributed by atoms with E-state index >= 15 is 0 Å². The van der Waals surface area contributed by atoms with E-state index < -0.39 is 41.6 Å². The van der Waals surface area contributed by atoms with Crippen molar-refractivity contribution in [2.45, 2.75) is 83.5 Å². The molecular formula is C39H50N4O5. The molecule has 9 nitrogen and oxygen atoms in total. The molecule has 256 valence electrons. The number of ether oxygens (including phenoxy) is 1. The number of β-lactam (4-membered cyclic amide) rings is 1. The predicted molar refractivity (Wildman–Crippen MR) is 185 cm³/mol. The summed E-state index contributed by atoms with van der Waals surface area (Å²) in [7, 11) is 0. The summed E-state index contributed by atoms with van der Waals surface area (Å²) in [6, 6.07) is 15.9. The lowest BCUT2D eigenvalue weighted by Gasteiger charge is -2.53. The molecule has 1 unspecified atom stereocenters. The first-order valence-electron chi connectivity index (χ1n) is 17.7. The Morgan fingerprint density at radius 3 is 2.19 bits per heavy atom. The Kier molecular flexibility index (Phi) is 10.3. The zero-order valence-electron chi connectivity index (χ0n) is 28.6. The van der Waals surface area contributed by atoms with E-state index in [1.54, 1.807) is 25.7 Å². The highest BCUT2D eigenvalue weighted by Crippen LogP contribution is 2.40. The molecule has 0 spiro atoms. The molecule has 2 aromatic rings. The van der Waals surface area contributed by atoms with Crippen molar-refractivity contribution in [1.82, 2.24) is 19.6 Å². The molecule has 4 heterocycles. The third kappa shape index (κ3) is 7.21. The molecule has 0 radical (unpaired) electrons. The van der Waals surface area contributed by atoms with Gasteiger partial charge in [0.05, 0.1) is 12.1 Å². The molecule has 4 saturated heterocycles. The van der Waals surface area contributed by atoms with Gasteiger partial charge in [0, 0.05) is 18.5 Å². The number of rotatable bonds is 10. The highest BCUT2D eigenvalue weighted by Gasteiger charge is 2.60. The number of amides is 3. The van der Waals surface area contributed by atoms with Crippen LogP contribution in [0.3, 0.4) is 0 Å². The minimum atomic E-state index is -1.28. The molecule has 0 bridgehead atoms. The summed E-state index contributed by atoms with van der Waals surface area (Å²) < 4.78 is 5.50. The molecule has 2 aromatic carbocycles. The molecule has 4 atom stereocenters. The van der Waals surface area contributed by atoms with Crippen molar-refractivity contribution in [3.05, 3.63) is 77.9 Å². The van der Waals surface area contributed by atoms with E-state index in [4.69, 9.17) is 4.74 Å². The fraction of sp³-hybridized carbons (Fsp3) is 0.538. The number of Topliss-reactive ketones (excluding diaryl/α,β-unsaturated/α-hetero) is 1. The number of carbonyl (C=O) groups excluding carboxylic acids is 4. The van der Waals surface area contributed by atoms with Gasteiger partial charge in [-0.25, -0.2) is 4.79 Å². The maximum Gasteiger partial charge on any atom is 0.411 e. The summed E-state index contributed by atoms with van der Waals surface area (Å²) in [4.78, 5) is 63.6. The number of benzene rings is 2. The summed E-state index contributed by atoms with van der Waals surface area (Å²) in [6.45, 7) is 10.1. The molecule has 4 fully saturated rings. The second kappa shape index (κ2) is 14.6. The van der Waals surface area contributed by atoms with E-state index in [-0.39, 0.29) is 18.3 Å². The molecule has 0 N–H and O–H groups in total. The van der Waals surface area contributed by atoms with Gasteiger partial charge in [0.2, 0.25) is 5.91 Å². The summed E-state index contributed by atoms with van der Waals surface area (Å²) in [5.74, 6) is -0.489. The van der Waals surface area contributed by atoms with E-state index in [1.165, 1.54) is 42.2 Å². The van der Waals surface area contributed by atoms with E-state index in [0.29, 0.717) is 19.0 Å². The molecule has 3 amide bonds. The molecule has 4 aliphatic rings. The lowest BCUT2D eigenvalue weighted by molar-refractivity contribution is -0.170. The van der Waals surface area contributed by atoms with Gasteiger partial charge in [-0.15, -0.1) is 0 Å². The van der Waals surface area contributed by atoms with E-state index in [9.17, 15) is 19.2 Å². The van der Waals surface area contributed by atoms with E-state index in [1.807, 2.05) is 72.8 Å². The Bertz CT molecular complexity index is 1470. The van der Waals surface area contributed by atoms with Crippen molar-refractivity contribution in [2.75, 3.05) is 39.3 Å². The van der Waals surface area contributed by atoms with Gasteiger partial charge in [0.15, 0.2) is 11.8 Å². The summed E-state index contributed by atoms with van der Waals surface area (Å²) in [5.41, 5.74) is 0.906. The summed E-state index contributed by atoms with van der Waals surface area (Å²) >= 11 is 0. The SMILES string of the molecule is CC(C)(C)C(=O)[C@@H](C(=O)N1CCC(CCN2CCCCC2)CC1)N1C(=O)[C@@H](N2C(=O)OC[C@H]2c2ccccc2)C1/C=C/c1ccccc1. The normalized spacial score (nSPS) is 24.9. The van der Waals surface area contributed by atoms with Crippen LogP contribution in [0.4, 0.5) is 4.79 Å². The number of nitrogens with zero attached hydrogens (tertiary/aromatic N) is 4. The first kappa shape index (κ1) is 33.9.